The van der Waals surface area contributed by atoms with E-state index < -0.39 is 0 Å². The predicted octanol–water partition coefficient (Wildman–Crippen LogP) is 2.17. The van der Waals surface area contributed by atoms with Crippen molar-refractivity contribution >= 4 is 23.2 Å². The molecule has 126 valence electrons. The number of carbonyl (C=O) groups is 2. The van der Waals surface area contributed by atoms with Gasteiger partial charge in [-0.15, -0.1) is 0 Å². The summed E-state index contributed by atoms with van der Waals surface area (Å²) in [7, 11) is 1.54. The molecule has 0 spiro atoms. The molecule has 2 rings (SSSR count). The Morgan fingerprint density at radius 1 is 1.00 bits per heavy atom. The first-order valence-corrected chi connectivity index (χ1v) is 7.58. The van der Waals surface area contributed by atoms with E-state index in [0.717, 1.165) is 11.3 Å². The number of hydrogen-bond acceptors (Lipinski definition) is 4. The largest absolute Gasteiger partial charge is 0.495 e. The number of nitrogens with one attached hydrogen (secondary N) is 3. The molecule has 0 aliphatic carbocycles. The number of aryl methyl sites for hydroxylation is 1. The lowest BCUT2D eigenvalue weighted by Crippen LogP contribution is -2.36. The van der Waals surface area contributed by atoms with Gasteiger partial charge < -0.3 is 20.7 Å². The van der Waals surface area contributed by atoms with E-state index in [0.29, 0.717) is 11.4 Å². The average molecular weight is 327 g/mol. The van der Waals surface area contributed by atoms with Gasteiger partial charge in [-0.3, -0.25) is 9.59 Å². The fraction of sp³-hybridized carbons (Fsp3) is 0.222. The minimum Gasteiger partial charge on any atom is -0.495 e. The van der Waals surface area contributed by atoms with Gasteiger partial charge in [-0.25, -0.2) is 0 Å². The summed E-state index contributed by atoms with van der Waals surface area (Å²) in [5.74, 6) is 0.00296. The molecule has 0 saturated carbocycles. The Bertz CT molecular complexity index is 702. The van der Waals surface area contributed by atoms with Gasteiger partial charge in [0.2, 0.25) is 11.8 Å². The highest BCUT2D eigenvalue weighted by Gasteiger charge is 2.09. The molecule has 6 heteroatoms. The summed E-state index contributed by atoms with van der Waals surface area (Å²) >= 11 is 0. The van der Waals surface area contributed by atoms with E-state index >= 15 is 0 Å². The lowest BCUT2D eigenvalue weighted by molar-refractivity contribution is -0.122. The van der Waals surface area contributed by atoms with Gasteiger partial charge in [0.15, 0.2) is 0 Å². The molecule has 0 heterocycles. The molecule has 0 bridgehead atoms. The van der Waals surface area contributed by atoms with Gasteiger partial charge >= 0.3 is 0 Å². The summed E-state index contributed by atoms with van der Waals surface area (Å²) in [4.78, 5) is 23.7. The van der Waals surface area contributed by atoms with Crippen LogP contribution in [0.25, 0.3) is 0 Å². The third-order valence-corrected chi connectivity index (χ3v) is 3.30. The Balaban J connectivity index is 1.78. The number of benzene rings is 2. The first-order chi connectivity index (χ1) is 11.6. The van der Waals surface area contributed by atoms with Crippen LogP contribution in [0, 0.1) is 6.92 Å². The van der Waals surface area contributed by atoms with E-state index in [9.17, 15) is 9.59 Å². The first-order valence-electron chi connectivity index (χ1n) is 7.58. The van der Waals surface area contributed by atoms with E-state index in [-0.39, 0.29) is 24.9 Å². The highest BCUT2D eigenvalue weighted by molar-refractivity contribution is 5.96. The minimum atomic E-state index is -0.313. The van der Waals surface area contributed by atoms with Crippen molar-refractivity contribution in [2.24, 2.45) is 0 Å². The number of ether oxygens (including phenoxy) is 1. The van der Waals surface area contributed by atoms with Crippen LogP contribution in [0.15, 0.2) is 48.5 Å². The maximum Gasteiger partial charge on any atom is 0.243 e. The molecular weight excluding hydrogens is 306 g/mol. The van der Waals surface area contributed by atoms with Crippen molar-refractivity contribution in [2.45, 2.75) is 6.92 Å². The van der Waals surface area contributed by atoms with Gasteiger partial charge in [0, 0.05) is 5.69 Å². The zero-order valence-electron chi connectivity index (χ0n) is 13.8. The van der Waals surface area contributed by atoms with E-state index in [2.05, 4.69) is 16.0 Å². The highest BCUT2D eigenvalue weighted by atomic mass is 16.5. The van der Waals surface area contributed by atoms with Crippen molar-refractivity contribution in [2.75, 3.05) is 30.8 Å². The lowest BCUT2D eigenvalue weighted by Gasteiger charge is -2.12. The number of methoxy groups -OCH3 is 1. The monoisotopic (exact) mass is 327 g/mol. The SMILES string of the molecule is COc1ccc(C)cc1NC(=O)CNC(=O)CNc1ccccc1. The molecule has 0 aliphatic heterocycles. The van der Waals surface area contributed by atoms with Crippen LogP contribution >= 0.6 is 0 Å². The molecule has 3 N–H and O–H groups in total. The molecule has 0 atom stereocenters. The molecule has 0 fully saturated rings. The Hall–Kier alpha value is -3.02. The third kappa shape index (κ3) is 5.31. The summed E-state index contributed by atoms with van der Waals surface area (Å²) < 4.78 is 5.20. The van der Waals surface area contributed by atoms with Crippen molar-refractivity contribution in [3.05, 3.63) is 54.1 Å². The molecule has 0 radical (unpaired) electrons. The number of hydrogen-bond donors (Lipinski definition) is 3. The fourth-order valence-electron chi connectivity index (χ4n) is 2.09. The van der Waals surface area contributed by atoms with Crippen molar-refractivity contribution in [1.82, 2.24) is 5.32 Å². The Kier molecular flexibility index (Phi) is 6.19. The summed E-state index contributed by atoms with van der Waals surface area (Å²) in [5, 5.41) is 8.28. The quantitative estimate of drug-likeness (QED) is 0.728. The highest BCUT2D eigenvalue weighted by Crippen LogP contribution is 2.24. The second kappa shape index (κ2) is 8.57. The van der Waals surface area contributed by atoms with E-state index in [4.69, 9.17) is 4.74 Å². The molecule has 0 aromatic heterocycles. The Labute approximate surface area is 141 Å². The smallest absolute Gasteiger partial charge is 0.243 e. The van der Waals surface area contributed by atoms with Crippen LogP contribution in [-0.4, -0.2) is 32.0 Å². The Morgan fingerprint density at radius 3 is 2.46 bits per heavy atom. The maximum absolute atomic E-state index is 12.0. The summed E-state index contributed by atoms with van der Waals surface area (Å²) in [6.07, 6.45) is 0. The molecule has 24 heavy (non-hydrogen) atoms. The Morgan fingerprint density at radius 2 is 1.75 bits per heavy atom. The van der Waals surface area contributed by atoms with Gasteiger partial charge in [-0.05, 0) is 36.8 Å². The average Bonchev–Trinajstić information content (AvgIpc) is 2.59. The number of rotatable bonds is 7. The predicted molar refractivity (Wildman–Crippen MR) is 94.3 cm³/mol. The standard InChI is InChI=1S/C18H21N3O3/c1-13-8-9-16(24-2)15(10-13)21-18(23)12-20-17(22)11-19-14-6-4-3-5-7-14/h3-10,19H,11-12H2,1-2H3,(H,20,22)(H,21,23). The normalized spacial score (nSPS) is 9.92. The fourth-order valence-corrected chi connectivity index (χ4v) is 2.09. The van der Waals surface area contributed by atoms with Gasteiger partial charge in [-0.1, -0.05) is 24.3 Å². The summed E-state index contributed by atoms with van der Waals surface area (Å²) in [5.41, 5.74) is 2.43. The molecule has 0 saturated heterocycles. The molecule has 0 aliphatic rings. The van der Waals surface area contributed by atoms with Gasteiger partial charge in [0.1, 0.15) is 5.75 Å². The van der Waals surface area contributed by atoms with Gasteiger partial charge in [0.05, 0.1) is 25.9 Å². The maximum atomic E-state index is 12.0. The molecular formula is C18H21N3O3. The lowest BCUT2D eigenvalue weighted by atomic mass is 10.2. The van der Waals surface area contributed by atoms with Crippen molar-refractivity contribution in [3.63, 3.8) is 0 Å². The van der Waals surface area contributed by atoms with Crippen molar-refractivity contribution in [3.8, 4) is 5.75 Å². The second-order valence-corrected chi connectivity index (χ2v) is 5.25. The van der Waals surface area contributed by atoms with Gasteiger partial charge in [0.25, 0.3) is 0 Å². The molecule has 0 unspecified atom stereocenters. The van der Waals surface area contributed by atoms with Crippen LogP contribution in [0.2, 0.25) is 0 Å². The second-order valence-electron chi connectivity index (χ2n) is 5.25. The summed E-state index contributed by atoms with van der Waals surface area (Å²) in [6, 6.07) is 14.9. The van der Waals surface area contributed by atoms with Crippen LogP contribution in [0.5, 0.6) is 5.75 Å². The summed E-state index contributed by atoms with van der Waals surface area (Å²) in [6.45, 7) is 1.92. The zero-order chi connectivity index (χ0) is 17.4. The van der Waals surface area contributed by atoms with E-state index in [1.807, 2.05) is 49.4 Å². The van der Waals surface area contributed by atoms with Crippen molar-refractivity contribution in [1.29, 1.82) is 0 Å². The number of anilines is 2. The van der Waals surface area contributed by atoms with Crippen LogP contribution in [0.4, 0.5) is 11.4 Å². The number of amides is 2. The molecule has 6 nitrogen and oxygen atoms in total. The molecule has 2 amide bonds. The third-order valence-electron chi connectivity index (χ3n) is 3.30. The van der Waals surface area contributed by atoms with Crippen LogP contribution < -0.4 is 20.7 Å². The number of para-hydroxylation sites is 1. The van der Waals surface area contributed by atoms with Crippen LogP contribution in [0.1, 0.15) is 5.56 Å². The first kappa shape index (κ1) is 17.3. The van der Waals surface area contributed by atoms with E-state index in [1.165, 1.54) is 7.11 Å². The number of carbonyl (C=O) groups excluding carboxylic acids is 2. The molecule has 2 aromatic carbocycles. The molecule has 2 aromatic rings. The minimum absolute atomic E-state index is 0.102. The van der Waals surface area contributed by atoms with Gasteiger partial charge in [-0.2, -0.15) is 0 Å². The van der Waals surface area contributed by atoms with E-state index in [1.54, 1.807) is 6.07 Å². The van der Waals surface area contributed by atoms with Crippen LogP contribution in [0.3, 0.4) is 0 Å². The topological polar surface area (TPSA) is 79.5 Å². The zero-order valence-corrected chi connectivity index (χ0v) is 13.8. The van der Waals surface area contributed by atoms with Crippen LogP contribution in [-0.2, 0) is 9.59 Å². The van der Waals surface area contributed by atoms with Crippen molar-refractivity contribution < 1.29 is 14.3 Å².